The topological polar surface area (TPSA) is 60.2 Å². The highest BCUT2D eigenvalue weighted by atomic mass is 16.5. The number of hydrogen-bond acceptors (Lipinski definition) is 4. The van der Waals surface area contributed by atoms with Crippen molar-refractivity contribution in [3.63, 3.8) is 0 Å². The lowest BCUT2D eigenvalue weighted by Gasteiger charge is -2.25. The zero-order valence-corrected chi connectivity index (χ0v) is 15.3. The molecule has 0 N–H and O–H groups in total. The van der Waals surface area contributed by atoms with Crippen molar-refractivity contribution in [2.45, 2.75) is 25.8 Å². The maximum absolute atomic E-state index is 13.0. The molecule has 3 heterocycles. The van der Waals surface area contributed by atoms with Gasteiger partial charge in [0.1, 0.15) is 17.9 Å². The van der Waals surface area contributed by atoms with E-state index in [1.165, 1.54) is 0 Å². The molecule has 1 saturated heterocycles. The number of carbonyl (C=O) groups excluding carboxylic acids is 1. The average molecular weight is 362 g/mol. The molecule has 1 fully saturated rings. The van der Waals surface area contributed by atoms with Gasteiger partial charge in [-0.2, -0.15) is 0 Å². The zero-order chi connectivity index (χ0) is 18.6. The summed E-state index contributed by atoms with van der Waals surface area (Å²) in [5.41, 5.74) is 1.75. The third-order valence-electron chi connectivity index (χ3n) is 4.85. The Morgan fingerprint density at radius 1 is 1.22 bits per heavy atom. The van der Waals surface area contributed by atoms with Crippen LogP contribution in [-0.2, 0) is 0 Å². The van der Waals surface area contributed by atoms with Crippen LogP contribution >= 0.6 is 0 Å². The molecular weight excluding hydrogens is 340 g/mol. The molecule has 6 heteroatoms. The summed E-state index contributed by atoms with van der Waals surface area (Å²) in [5, 5.41) is 0. The van der Waals surface area contributed by atoms with Crippen molar-refractivity contribution in [2.75, 3.05) is 13.2 Å². The van der Waals surface area contributed by atoms with Crippen molar-refractivity contribution in [3.05, 3.63) is 72.4 Å². The summed E-state index contributed by atoms with van der Waals surface area (Å²) in [6.45, 7) is 3.38. The lowest BCUT2D eigenvalue weighted by atomic mass is 10.0. The minimum absolute atomic E-state index is 0.0241. The number of amides is 1. The van der Waals surface area contributed by atoms with Crippen molar-refractivity contribution >= 4 is 5.91 Å². The van der Waals surface area contributed by atoms with Crippen LogP contribution < -0.4 is 4.74 Å². The van der Waals surface area contributed by atoms with E-state index < -0.39 is 0 Å². The standard InChI is InChI=1S/C21H22N4O2/c1-2-27-18-8-5-16(6-9-18)19-4-3-12-25(19)21(26)17-7-10-20(23-14-17)24-13-11-22-15-24/h5-11,13-15,19H,2-4,12H2,1H3. The number of imidazole rings is 1. The van der Waals surface area contributed by atoms with E-state index >= 15 is 0 Å². The summed E-state index contributed by atoms with van der Waals surface area (Å²) in [7, 11) is 0. The maximum atomic E-state index is 13.0. The van der Waals surface area contributed by atoms with Gasteiger partial charge in [0.2, 0.25) is 0 Å². The molecule has 0 bridgehead atoms. The minimum atomic E-state index is 0.0241. The van der Waals surface area contributed by atoms with E-state index in [0.717, 1.165) is 36.5 Å². The van der Waals surface area contributed by atoms with Gasteiger partial charge in [0.25, 0.3) is 5.91 Å². The molecule has 1 amide bonds. The SMILES string of the molecule is CCOc1ccc(C2CCCN2C(=O)c2ccc(-n3ccnc3)nc2)cc1. The van der Waals surface area contributed by atoms with Crippen LogP contribution in [0.1, 0.15) is 41.7 Å². The van der Waals surface area contributed by atoms with Gasteiger partial charge in [0.05, 0.1) is 18.2 Å². The number of rotatable bonds is 5. The molecule has 27 heavy (non-hydrogen) atoms. The molecule has 1 atom stereocenters. The van der Waals surface area contributed by atoms with Crippen LogP contribution in [0.2, 0.25) is 0 Å². The number of benzene rings is 1. The average Bonchev–Trinajstić information content (AvgIpc) is 3.41. The summed E-state index contributed by atoms with van der Waals surface area (Å²) < 4.78 is 7.33. The van der Waals surface area contributed by atoms with Crippen LogP contribution in [-0.4, -0.2) is 38.5 Å². The summed E-state index contributed by atoms with van der Waals surface area (Å²) in [6, 6.07) is 11.8. The molecule has 0 spiro atoms. The van der Waals surface area contributed by atoms with Crippen LogP contribution in [0.3, 0.4) is 0 Å². The molecule has 2 aromatic heterocycles. The molecule has 1 aromatic carbocycles. The highest BCUT2D eigenvalue weighted by molar-refractivity contribution is 5.94. The van der Waals surface area contributed by atoms with Gasteiger partial charge >= 0.3 is 0 Å². The monoisotopic (exact) mass is 362 g/mol. The first kappa shape index (κ1) is 17.3. The Hall–Kier alpha value is -3.15. The predicted octanol–water partition coefficient (Wildman–Crippen LogP) is 3.64. The first-order chi connectivity index (χ1) is 13.3. The van der Waals surface area contributed by atoms with Crippen molar-refractivity contribution in [2.24, 2.45) is 0 Å². The van der Waals surface area contributed by atoms with E-state index in [0.29, 0.717) is 12.2 Å². The molecule has 1 unspecified atom stereocenters. The Balaban J connectivity index is 1.52. The quantitative estimate of drug-likeness (QED) is 0.695. The van der Waals surface area contributed by atoms with E-state index in [1.807, 2.05) is 46.9 Å². The van der Waals surface area contributed by atoms with Gasteiger partial charge in [-0.25, -0.2) is 9.97 Å². The smallest absolute Gasteiger partial charge is 0.255 e. The highest BCUT2D eigenvalue weighted by Gasteiger charge is 2.30. The molecule has 3 aromatic rings. The second-order valence-corrected chi connectivity index (χ2v) is 6.53. The second kappa shape index (κ2) is 7.61. The fourth-order valence-electron chi connectivity index (χ4n) is 3.53. The number of ether oxygens (including phenoxy) is 1. The molecule has 1 aliphatic heterocycles. The van der Waals surface area contributed by atoms with Gasteiger partial charge in [-0.1, -0.05) is 12.1 Å². The maximum Gasteiger partial charge on any atom is 0.255 e. The normalized spacial score (nSPS) is 16.5. The van der Waals surface area contributed by atoms with Crippen molar-refractivity contribution in [1.82, 2.24) is 19.4 Å². The molecule has 4 rings (SSSR count). The van der Waals surface area contributed by atoms with E-state index in [9.17, 15) is 4.79 Å². The third kappa shape index (κ3) is 3.56. The van der Waals surface area contributed by atoms with Crippen molar-refractivity contribution < 1.29 is 9.53 Å². The molecule has 0 saturated carbocycles. The van der Waals surface area contributed by atoms with Crippen molar-refractivity contribution in [3.8, 4) is 11.6 Å². The summed E-state index contributed by atoms with van der Waals surface area (Å²) in [6.07, 6.45) is 8.83. The Labute approximate surface area is 158 Å². The van der Waals surface area contributed by atoms with Gasteiger partial charge in [0.15, 0.2) is 0 Å². The fraction of sp³-hybridized carbons (Fsp3) is 0.286. The van der Waals surface area contributed by atoms with Crippen molar-refractivity contribution in [1.29, 1.82) is 0 Å². The Kier molecular flexibility index (Phi) is 4.87. The molecule has 138 valence electrons. The number of aromatic nitrogens is 3. The van der Waals surface area contributed by atoms with E-state index in [-0.39, 0.29) is 11.9 Å². The van der Waals surface area contributed by atoms with Crippen LogP contribution in [0.15, 0.2) is 61.3 Å². The largest absolute Gasteiger partial charge is 0.494 e. The van der Waals surface area contributed by atoms with Crippen LogP contribution in [0.4, 0.5) is 0 Å². The number of likely N-dealkylation sites (tertiary alicyclic amines) is 1. The van der Waals surface area contributed by atoms with E-state index in [2.05, 4.69) is 22.1 Å². The Morgan fingerprint density at radius 2 is 2.07 bits per heavy atom. The lowest BCUT2D eigenvalue weighted by molar-refractivity contribution is 0.0735. The minimum Gasteiger partial charge on any atom is -0.494 e. The summed E-state index contributed by atoms with van der Waals surface area (Å²) >= 11 is 0. The Bertz CT molecular complexity index is 889. The molecule has 6 nitrogen and oxygen atoms in total. The Morgan fingerprint density at radius 3 is 2.74 bits per heavy atom. The number of pyridine rings is 1. The van der Waals surface area contributed by atoms with Crippen LogP contribution in [0.25, 0.3) is 5.82 Å². The van der Waals surface area contributed by atoms with Gasteiger partial charge in [-0.15, -0.1) is 0 Å². The van der Waals surface area contributed by atoms with E-state index in [1.54, 1.807) is 18.7 Å². The number of nitrogens with zero attached hydrogens (tertiary/aromatic N) is 4. The zero-order valence-electron chi connectivity index (χ0n) is 15.3. The molecule has 0 radical (unpaired) electrons. The van der Waals surface area contributed by atoms with E-state index in [4.69, 9.17) is 4.74 Å². The lowest BCUT2D eigenvalue weighted by Crippen LogP contribution is -2.30. The number of hydrogen-bond donors (Lipinski definition) is 0. The van der Waals surface area contributed by atoms with Gasteiger partial charge in [-0.05, 0) is 49.6 Å². The van der Waals surface area contributed by atoms with Gasteiger partial charge < -0.3 is 9.64 Å². The van der Waals surface area contributed by atoms with Crippen LogP contribution in [0, 0.1) is 0 Å². The third-order valence-corrected chi connectivity index (χ3v) is 4.85. The number of carbonyl (C=O) groups is 1. The molecule has 0 aliphatic carbocycles. The molecule has 1 aliphatic rings. The predicted molar refractivity (Wildman–Crippen MR) is 102 cm³/mol. The van der Waals surface area contributed by atoms with Gasteiger partial charge in [0, 0.05) is 25.1 Å². The molecular formula is C21H22N4O2. The highest BCUT2D eigenvalue weighted by Crippen LogP contribution is 2.33. The summed E-state index contributed by atoms with van der Waals surface area (Å²) in [4.78, 5) is 23.4. The van der Waals surface area contributed by atoms with Gasteiger partial charge in [-0.3, -0.25) is 9.36 Å². The first-order valence-electron chi connectivity index (χ1n) is 9.24. The summed E-state index contributed by atoms with van der Waals surface area (Å²) in [5.74, 6) is 1.63. The first-order valence-corrected chi connectivity index (χ1v) is 9.24. The second-order valence-electron chi connectivity index (χ2n) is 6.53. The van der Waals surface area contributed by atoms with Crippen LogP contribution in [0.5, 0.6) is 5.75 Å². The fourth-order valence-corrected chi connectivity index (χ4v) is 3.53.